The number of ether oxygens (including phenoxy) is 1. The molecule has 0 bridgehead atoms. The van der Waals surface area contributed by atoms with E-state index in [4.69, 9.17) is 10.5 Å². The first-order valence-corrected chi connectivity index (χ1v) is 5.52. The molecule has 0 radical (unpaired) electrons. The normalized spacial score (nSPS) is 9.89. The van der Waals surface area contributed by atoms with Crippen LogP contribution in [0.25, 0.3) is 0 Å². The number of hydrogen-bond donors (Lipinski definition) is 1. The lowest BCUT2D eigenvalue weighted by atomic mass is 10.1. The molecular formula is C10H9BrN2O5. The van der Waals surface area contributed by atoms with Gasteiger partial charge in [0.25, 0.3) is 5.91 Å². The number of nitro benzene ring substituents is 1. The number of amides is 1. The Kier molecular flexibility index (Phi) is 4.38. The molecule has 7 nitrogen and oxygen atoms in total. The lowest BCUT2D eigenvalue weighted by Gasteiger charge is -2.09. The number of nitro groups is 1. The maximum absolute atomic E-state index is 11.4. The number of primary amides is 1. The minimum Gasteiger partial charge on any atom is -0.476 e. The summed E-state index contributed by atoms with van der Waals surface area (Å²) in [5.74, 6) is -1.46. The zero-order valence-corrected chi connectivity index (χ0v) is 10.9. The Bertz CT molecular complexity index is 494. The van der Waals surface area contributed by atoms with E-state index in [2.05, 4.69) is 15.9 Å². The summed E-state index contributed by atoms with van der Waals surface area (Å²) in [5.41, 5.74) is 4.50. The van der Waals surface area contributed by atoms with Gasteiger partial charge in [-0.25, -0.2) is 0 Å². The number of nitrogens with zero attached hydrogens (tertiary/aromatic N) is 1. The number of carbonyl (C=O) groups is 2. The van der Waals surface area contributed by atoms with Crippen molar-refractivity contribution in [2.24, 2.45) is 5.73 Å². The highest BCUT2D eigenvalue weighted by atomic mass is 79.9. The SMILES string of the molecule is CC(=O)c1cc(Br)cc([N+](=O)[O-])c1OCC(N)=O. The quantitative estimate of drug-likeness (QED) is 0.501. The number of rotatable bonds is 5. The Morgan fingerprint density at radius 3 is 2.56 bits per heavy atom. The van der Waals surface area contributed by atoms with Gasteiger partial charge in [-0.1, -0.05) is 15.9 Å². The molecule has 0 aliphatic heterocycles. The standard InChI is InChI=1S/C10H9BrN2O5/c1-5(14)7-2-6(11)3-8(13(16)17)10(7)18-4-9(12)15/h2-3H,4H2,1H3,(H2,12,15). The van der Waals surface area contributed by atoms with Gasteiger partial charge in [-0.2, -0.15) is 0 Å². The summed E-state index contributed by atoms with van der Waals surface area (Å²) in [6.07, 6.45) is 0. The Morgan fingerprint density at radius 1 is 1.50 bits per heavy atom. The van der Waals surface area contributed by atoms with Crippen molar-refractivity contribution in [2.75, 3.05) is 6.61 Å². The predicted octanol–water partition coefficient (Wildman–Crippen LogP) is 1.42. The summed E-state index contributed by atoms with van der Waals surface area (Å²) in [6, 6.07) is 2.56. The molecule has 0 unspecified atom stereocenters. The van der Waals surface area contributed by atoms with E-state index in [-0.39, 0.29) is 11.3 Å². The highest BCUT2D eigenvalue weighted by molar-refractivity contribution is 9.10. The molecule has 0 saturated carbocycles. The van der Waals surface area contributed by atoms with Crippen LogP contribution < -0.4 is 10.5 Å². The van der Waals surface area contributed by atoms with Crippen molar-refractivity contribution in [1.29, 1.82) is 0 Å². The zero-order valence-electron chi connectivity index (χ0n) is 9.31. The number of carbonyl (C=O) groups excluding carboxylic acids is 2. The molecule has 8 heteroatoms. The van der Waals surface area contributed by atoms with Crippen molar-refractivity contribution in [3.05, 3.63) is 32.3 Å². The van der Waals surface area contributed by atoms with Crippen molar-refractivity contribution in [3.63, 3.8) is 0 Å². The van der Waals surface area contributed by atoms with E-state index in [0.717, 1.165) is 0 Å². The lowest BCUT2D eigenvalue weighted by molar-refractivity contribution is -0.385. The number of nitrogens with two attached hydrogens (primary N) is 1. The molecule has 1 aromatic rings. The van der Waals surface area contributed by atoms with Crippen molar-refractivity contribution in [2.45, 2.75) is 6.92 Å². The molecule has 2 N–H and O–H groups in total. The molecule has 1 rings (SSSR count). The molecule has 0 aliphatic rings. The maximum Gasteiger partial charge on any atom is 0.312 e. The average molecular weight is 317 g/mol. The van der Waals surface area contributed by atoms with Crippen LogP contribution in [0.5, 0.6) is 5.75 Å². The predicted molar refractivity (Wildman–Crippen MR) is 65.5 cm³/mol. The monoisotopic (exact) mass is 316 g/mol. The topological polar surface area (TPSA) is 113 Å². The number of Topliss-reactive ketones (excluding diaryl/α,β-unsaturated/α-hetero) is 1. The number of ketones is 1. The summed E-state index contributed by atoms with van der Waals surface area (Å²) in [7, 11) is 0. The molecule has 1 aromatic carbocycles. The molecule has 0 fully saturated rings. The summed E-state index contributed by atoms with van der Waals surface area (Å²) in [4.78, 5) is 32.2. The molecule has 0 aromatic heterocycles. The van der Waals surface area contributed by atoms with Crippen LogP contribution in [-0.2, 0) is 4.79 Å². The van der Waals surface area contributed by atoms with E-state index in [1.807, 2.05) is 0 Å². The molecular weight excluding hydrogens is 308 g/mol. The molecule has 0 heterocycles. The van der Waals surface area contributed by atoms with E-state index in [9.17, 15) is 19.7 Å². The number of hydrogen-bond acceptors (Lipinski definition) is 5. The van der Waals surface area contributed by atoms with Crippen LogP contribution in [-0.4, -0.2) is 23.2 Å². The third-order valence-electron chi connectivity index (χ3n) is 1.97. The van der Waals surface area contributed by atoms with Crippen molar-refractivity contribution >= 4 is 33.3 Å². The largest absolute Gasteiger partial charge is 0.476 e. The van der Waals surface area contributed by atoms with Gasteiger partial charge >= 0.3 is 5.69 Å². The molecule has 0 spiro atoms. The third kappa shape index (κ3) is 3.27. The Morgan fingerprint density at radius 2 is 2.11 bits per heavy atom. The third-order valence-corrected chi connectivity index (χ3v) is 2.43. The van der Waals surface area contributed by atoms with Crippen LogP contribution in [0.1, 0.15) is 17.3 Å². The Balaban J connectivity index is 3.36. The number of benzene rings is 1. The van der Waals surface area contributed by atoms with Crippen LogP contribution in [0.3, 0.4) is 0 Å². The molecule has 18 heavy (non-hydrogen) atoms. The fourth-order valence-corrected chi connectivity index (χ4v) is 1.72. The Hall–Kier alpha value is -1.96. The van der Waals surface area contributed by atoms with Crippen molar-refractivity contribution < 1.29 is 19.2 Å². The van der Waals surface area contributed by atoms with Crippen LogP contribution in [0.15, 0.2) is 16.6 Å². The van der Waals surface area contributed by atoms with Gasteiger partial charge in [0.2, 0.25) is 5.75 Å². The molecule has 0 aliphatic carbocycles. The van der Waals surface area contributed by atoms with E-state index >= 15 is 0 Å². The van der Waals surface area contributed by atoms with Gasteiger partial charge < -0.3 is 10.5 Å². The number of halogens is 1. The van der Waals surface area contributed by atoms with Gasteiger partial charge in [-0.3, -0.25) is 19.7 Å². The second-order valence-corrected chi connectivity index (χ2v) is 4.29. The second-order valence-electron chi connectivity index (χ2n) is 3.37. The summed E-state index contributed by atoms with van der Waals surface area (Å²) in [6.45, 7) is 0.700. The molecule has 96 valence electrons. The first-order valence-electron chi connectivity index (χ1n) is 4.73. The minimum atomic E-state index is -0.790. The van der Waals surface area contributed by atoms with Gasteiger partial charge in [0.1, 0.15) is 0 Å². The van der Waals surface area contributed by atoms with Gasteiger partial charge in [-0.05, 0) is 13.0 Å². The van der Waals surface area contributed by atoms with Crippen molar-refractivity contribution in [3.8, 4) is 5.75 Å². The average Bonchev–Trinajstić information content (AvgIpc) is 2.25. The van der Waals surface area contributed by atoms with Gasteiger partial charge in [0.05, 0.1) is 10.5 Å². The minimum absolute atomic E-state index is 0.0114. The summed E-state index contributed by atoms with van der Waals surface area (Å²) < 4.78 is 5.32. The van der Waals surface area contributed by atoms with Crippen LogP contribution in [0.2, 0.25) is 0 Å². The highest BCUT2D eigenvalue weighted by Crippen LogP contribution is 2.34. The Labute approximate surface area is 110 Å². The van der Waals surface area contributed by atoms with E-state index in [0.29, 0.717) is 4.47 Å². The summed E-state index contributed by atoms with van der Waals surface area (Å²) >= 11 is 3.06. The van der Waals surface area contributed by atoms with E-state index < -0.39 is 28.9 Å². The molecule has 0 atom stereocenters. The van der Waals surface area contributed by atoms with E-state index in [1.165, 1.54) is 19.1 Å². The summed E-state index contributed by atoms with van der Waals surface area (Å²) in [5, 5.41) is 10.9. The first kappa shape index (κ1) is 14.1. The van der Waals surface area contributed by atoms with Crippen molar-refractivity contribution in [1.82, 2.24) is 0 Å². The highest BCUT2D eigenvalue weighted by Gasteiger charge is 2.23. The van der Waals surface area contributed by atoms with Crippen LogP contribution in [0, 0.1) is 10.1 Å². The van der Waals surface area contributed by atoms with E-state index in [1.54, 1.807) is 0 Å². The second kappa shape index (κ2) is 5.58. The first-order chi connectivity index (χ1) is 8.32. The fraction of sp³-hybridized carbons (Fsp3) is 0.200. The maximum atomic E-state index is 11.4. The fourth-order valence-electron chi connectivity index (χ4n) is 1.27. The molecule has 0 saturated heterocycles. The zero-order chi connectivity index (χ0) is 13.9. The van der Waals surface area contributed by atoms with Gasteiger partial charge in [0.15, 0.2) is 12.4 Å². The van der Waals surface area contributed by atoms with Gasteiger partial charge in [0, 0.05) is 10.5 Å². The van der Waals surface area contributed by atoms with Crippen LogP contribution in [0.4, 0.5) is 5.69 Å². The molecule has 1 amide bonds. The van der Waals surface area contributed by atoms with Crippen LogP contribution >= 0.6 is 15.9 Å². The van der Waals surface area contributed by atoms with Gasteiger partial charge in [-0.15, -0.1) is 0 Å². The smallest absolute Gasteiger partial charge is 0.312 e. The lowest BCUT2D eigenvalue weighted by Crippen LogP contribution is -2.21.